The maximum absolute atomic E-state index is 10.6. The van der Waals surface area contributed by atoms with Gasteiger partial charge in [0.1, 0.15) is 0 Å². The second-order valence-corrected chi connectivity index (χ2v) is 5.08. The van der Waals surface area contributed by atoms with Gasteiger partial charge in [0, 0.05) is 6.54 Å². The lowest BCUT2D eigenvalue weighted by atomic mass is 9.80. The maximum Gasteiger partial charge on any atom is 0.0685 e. The van der Waals surface area contributed by atoms with Crippen LogP contribution in [0.4, 0.5) is 0 Å². The minimum absolute atomic E-state index is 0.389. The van der Waals surface area contributed by atoms with Crippen molar-refractivity contribution in [1.29, 1.82) is 0 Å². The lowest BCUT2D eigenvalue weighted by Gasteiger charge is -2.33. The average Bonchev–Trinajstić information content (AvgIpc) is 2.41. The molecule has 90 valence electrons. The fourth-order valence-electron chi connectivity index (χ4n) is 2.71. The second kappa shape index (κ2) is 5.86. The molecule has 2 heteroatoms. The Morgan fingerprint density at radius 2 is 2.00 bits per heavy atom. The van der Waals surface area contributed by atoms with Crippen molar-refractivity contribution >= 4 is 0 Å². The van der Waals surface area contributed by atoms with E-state index in [1.54, 1.807) is 0 Å². The number of aliphatic hydroxyl groups is 1. The molecule has 15 heavy (non-hydrogen) atoms. The zero-order chi connectivity index (χ0) is 11.3. The van der Waals surface area contributed by atoms with Crippen LogP contribution in [0.25, 0.3) is 0 Å². The van der Waals surface area contributed by atoms with Gasteiger partial charge in [-0.3, -0.25) is 0 Å². The molecule has 0 bridgehead atoms. The predicted octanol–water partition coefficient (Wildman–Crippen LogP) is 2.66. The summed E-state index contributed by atoms with van der Waals surface area (Å²) in [4.78, 5) is 2.45. The van der Waals surface area contributed by atoms with Gasteiger partial charge in [-0.25, -0.2) is 0 Å². The van der Waals surface area contributed by atoms with Gasteiger partial charge in [-0.15, -0.1) is 0 Å². The zero-order valence-electron chi connectivity index (χ0n) is 10.6. The maximum atomic E-state index is 10.6. The highest BCUT2D eigenvalue weighted by atomic mass is 16.3. The summed E-state index contributed by atoms with van der Waals surface area (Å²) in [6, 6.07) is 0. The molecule has 1 aliphatic heterocycles. The van der Waals surface area contributed by atoms with Crippen LogP contribution in [0.3, 0.4) is 0 Å². The lowest BCUT2D eigenvalue weighted by molar-refractivity contribution is -0.0277. The number of hydrogen-bond donors (Lipinski definition) is 1. The van der Waals surface area contributed by atoms with E-state index in [1.165, 1.54) is 6.42 Å². The van der Waals surface area contributed by atoms with Crippen molar-refractivity contribution in [3.63, 3.8) is 0 Å². The van der Waals surface area contributed by atoms with E-state index in [0.29, 0.717) is 5.92 Å². The first-order valence-electron chi connectivity index (χ1n) is 6.57. The van der Waals surface area contributed by atoms with Crippen LogP contribution < -0.4 is 0 Å². The number of rotatable bonds is 4. The smallest absolute Gasteiger partial charge is 0.0685 e. The fourth-order valence-corrected chi connectivity index (χ4v) is 2.71. The van der Waals surface area contributed by atoms with Gasteiger partial charge in [-0.2, -0.15) is 0 Å². The van der Waals surface area contributed by atoms with Crippen LogP contribution in [-0.2, 0) is 0 Å². The Balaban J connectivity index is 2.53. The molecule has 0 saturated carbocycles. The molecule has 0 radical (unpaired) electrons. The molecule has 0 aliphatic carbocycles. The summed E-state index contributed by atoms with van der Waals surface area (Å²) >= 11 is 0. The molecule has 0 aromatic heterocycles. The van der Waals surface area contributed by atoms with E-state index in [1.807, 2.05) is 0 Å². The van der Waals surface area contributed by atoms with E-state index in [9.17, 15) is 5.11 Å². The Labute approximate surface area is 94.7 Å². The minimum Gasteiger partial charge on any atom is -0.390 e. The molecule has 0 aromatic carbocycles. The summed E-state index contributed by atoms with van der Waals surface area (Å²) in [6.45, 7) is 9.98. The van der Waals surface area contributed by atoms with Gasteiger partial charge in [0.25, 0.3) is 0 Å². The number of likely N-dealkylation sites (tertiary alicyclic amines) is 1. The number of hydrogen-bond acceptors (Lipinski definition) is 2. The molecule has 1 fully saturated rings. The van der Waals surface area contributed by atoms with E-state index < -0.39 is 0 Å². The van der Waals surface area contributed by atoms with Gasteiger partial charge >= 0.3 is 0 Å². The normalized spacial score (nSPS) is 31.2. The van der Waals surface area contributed by atoms with Gasteiger partial charge in [-0.1, -0.05) is 27.2 Å². The lowest BCUT2D eigenvalue weighted by Crippen LogP contribution is -2.37. The van der Waals surface area contributed by atoms with E-state index in [-0.39, 0.29) is 5.60 Å². The molecular formula is C13H27NO. The molecule has 0 spiro atoms. The Kier molecular flexibility index (Phi) is 5.07. The summed E-state index contributed by atoms with van der Waals surface area (Å²) in [5.41, 5.74) is -0.389. The number of nitrogens with zero attached hydrogens (tertiary/aromatic N) is 1. The molecule has 2 atom stereocenters. The monoisotopic (exact) mass is 213 g/mol. The molecule has 1 aliphatic rings. The summed E-state index contributed by atoms with van der Waals surface area (Å²) in [5.74, 6) is 0.458. The quantitative estimate of drug-likeness (QED) is 0.776. The fraction of sp³-hybridized carbons (Fsp3) is 1.00. The third kappa shape index (κ3) is 3.46. The topological polar surface area (TPSA) is 23.5 Å². The molecular weight excluding hydrogens is 186 g/mol. The van der Waals surface area contributed by atoms with Crippen LogP contribution in [0, 0.1) is 5.92 Å². The van der Waals surface area contributed by atoms with Crippen molar-refractivity contribution in [3.8, 4) is 0 Å². The van der Waals surface area contributed by atoms with Gasteiger partial charge in [0.2, 0.25) is 0 Å². The van der Waals surface area contributed by atoms with Crippen LogP contribution in [0.5, 0.6) is 0 Å². The minimum atomic E-state index is -0.389. The van der Waals surface area contributed by atoms with Crippen molar-refractivity contribution < 1.29 is 5.11 Å². The van der Waals surface area contributed by atoms with E-state index in [2.05, 4.69) is 25.7 Å². The van der Waals surface area contributed by atoms with Crippen molar-refractivity contribution in [1.82, 2.24) is 4.90 Å². The van der Waals surface area contributed by atoms with Gasteiger partial charge in [0.05, 0.1) is 5.60 Å². The van der Waals surface area contributed by atoms with E-state index >= 15 is 0 Å². The second-order valence-electron chi connectivity index (χ2n) is 5.08. The van der Waals surface area contributed by atoms with Gasteiger partial charge < -0.3 is 10.0 Å². The predicted molar refractivity (Wildman–Crippen MR) is 65.0 cm³/mol. The first kappa shape index (κ1) is 13.0. The Morgan fingerprint density at radius 1 is 1.27 bits per heavy atom. The Bertz CT molecular complexity index is 183. The summed E-state index contributed by atoms with van der Waals surface area (Å²) in [7, 11) is 0. The molecule has 2 unspecified atom stereocenters. The highest BCUT2D eigenvalue weighted by molar-refractivity contribution is 4.87. The average molecular weight is 213 g/mol. The van der Waals surface area contributed by atoms with Gasteiger partial charge in [0.15, 0.2) is 0 Å². The summed E-state index contributed by atoms with van der Waals surface area (Å²) in [5, 5.41) is 10.6. The Morgan fingerprint density at radius 3 is 2.60 bits per heavy atom. The molecule has 1 saturated heterocycles. The first-order chi connectivity index (χ1) is 7.12. The highest BCUT2D eigenvalue weighted by Crippen LogP contribution is 2.32. The SMILES string of the molecule is CCCC(C)C1(O)CCCN(CC)CC1. The van der Waals surface area contributed by atoms with E-state index in [4.69, 9.17) is 0 Å². The van der Waals surface area contributed by atoms with Crippen LogP contribution in [0.1, 0.15) is 52.9 Å². The molecule has 1 rings (SSSR count). The van der Waals surface area contributed by atoms with Crippen molar-refractivity contribution in [3.05, 3.63) is 0 Å². The first-order valence-corrected chi connectivity index (χ1v) is 6.57. The standard InChI is InChI=1S/C13H27NO/c1-4-7-12(3)13(15)8-6-10-14(5-2)11-9-13/h12,15H,4-11H2,1-3H3. The molecule has 2 nitrogen and oxygen atoms in total. The van der Waals surface area contributed by atoms with Crippen LogP contribution in [0.15, 0.2) is 0 Å². The molecule has 0 amide bonds. The summed E-state index contributed by atoms with van der Waals surface area (Å²) < 4.78 is 0. The van der Waals surface area contributed by atoms with E-state index in [0.717, 1.165) is 45.3 Å². The Hall–Kier alpha value is -0.0800. The summed E-state index contributed by atoms with van der Waals surface area (Å²) in [6.07, 6.45) is 5.44. The molecule has 1 heterocycles. The van der Waals surface area contributed by atoms with Crippen molar-refractivity contribution in [2.24, 2.45) is 5.92 Å². The largest absolute Gasteiger partial charge is 0.390 e. The van der Waals surface area contributed by atoms with Crippen LogP contribution in [-0.4, -0.2) is 35.2 Å². The van der Waals surface area contributed by atoms with Crippen molar-refractivity contribution in [2.45, 2.75) is 58.5 Å². The highest BCUT2D eigenvalue weighted by Gasteiger charge is 2.34. The van der Waals surface area contributed by atoms with Gasteiger partial charge in [-0.05, 0) is 44.7 Å². The van der Waals surface area contributed by atoms with Crippen LogP contribution in [0.2, 0.25) is 0 Å². The zero-order valence-corrected chi connectivity index (χ0v) is 10.6. The third-order valence-corrected chi connectivity index (χ3v) is 4.03. The third-order valence-electron chi connectivity index (χ3n) is 4.03. The molecule has 0 aromatic rings. The van der Waals surface area contributed by atoms with Crippen molar-refractivity contribution in [2.75, 3.05) is 19.6 Å². The van der Waals surface area contributed by atoms with Crippen LogP contribution >= 0.6 is 0 Å². The molecule has 1 N–H and O–H groups in total.